The molecule has 0 rings (SSSR count). The van der Waals surface area contributed by atoms with Gasteiger partial charge in [-0.05, 0) is 19.3 Å². The summed E-state index contributed by atoms with van der Waals surface area (Å²) in [5.74, 6) is 0. The Balaban J connectivity index is -0.000000980. The Labute approximate surface area is 130 Å². The van der Waals surface area contributed by atoms with Gasteiger partial charge in [0, 0.05) is 13.2 Å². The number of allylic oxidation sites excluding steroid dienone is 2. The van der Waals surface area contributed by atoms with E-state index in [1.807, 2.05) is 0 Å². The molecule has 0 atom stereocenters. The van der Waals surface area contributed by atoms with Crippen LogP contribution in [0, 0.1) is 6.92 Å². The first-order valence-electron chi connectivity index (χ1n) is 6.43. The monoisotopic (exact) mass is 270 g/mol. The average Bonchev–Trinajstić information content (AvgIpc) is 2.26. The van der Waals surface area contributed by atoms with Crippen LogP contribution in [0.3, 0.4) is 0 Å². The van der Waals surface area contributed by atoms with Gasteiger partial charge in [-0.2, -0.15) is 6.42 Å². The summed E-state index contributed by atoms with van der Waals surface area (Å²) in [6.45, 7) is 7.86. The molecule has 0 aromatic rings. The largest absolute Gasteiger partial charge is 2.00 e. The van der Waals surface area contributed by atoms with Gasteiger partial charge in [0.2, 0.25) is 0 Å². The molecule has 0 aliphatic heterocycles. The predicted molar refractivity (Wildman–Crippen MR) is 73.7 cm³/mol. The van der Waals surface area contributed by atoms with Crippen LogP contribution < -0.4 is 12.4 Å². The summed E-state index contributed by atoms with van der Waals surface area (Å²) in [6.07, 6.45) is 14.1. The van der Waals surface area contributed by atoms with Gasteiger partial charge in [-0.1, -0.05) is 38.7 Å². The third-order valence-corrected chi connectivity index (χ3v) is 2.39. The molecule has 0 fully saturated rings. The number of hydrogen-bond donors (Lipinski definition) is 0. The first kappa shape index (κ1) is 22.9. The van der Waals surface area contributed by atoms with E-state index in [0.717, 1.165) is 32.5 Å². The molecule has 0 aromatic heterocycles. The molecule has 0 unspecified atom stereocenters. The molecular formula is C14H27ClMgO. The molecule has 3 heteroatoms. The van der Waals surface area contributed by atoms with E-state index in [-0.39, 0.29) is 35.5 Å². The second kappa shape index (κ2) is 22.0. The van der Waals surface area contributed by atoms with E-state index in [4.69, 9.17) is 4.74 Å². The van der Waals surface area contributed by atoms with Crippen molar-refractivity contribution in [2.24, 2.45) is 0 Å². The predicted octanol–water partition coefficient (Wildman–Crippen LogP) is 1.16. The summed E-state index contributed by atoms with van der Waals surface area (Å²) in [6, 6.07) is 0. The van der Waals surface area contributed by atoms with Gasteiger partial charge in [0.15, 0.2) is 0 Å². The molecule has 0 bridgehead atoms. The van der Waals surface area contributed by atoms with Crippen LogP contribution in [0.15, 0.2) is 12.2 Å². The van der Waals surface area contributed by atoms with E-state index in [1.54, 1.807) is 0 Å². The minimum atomic E-state index is 0. The van der Waals surface area contributed by atoms with E-state index in [9.17, 15) is 0 Å². The van der Waals surface area contributed by atoms with E-state index in [1.165, 1.54) is 32.1 Å². The van der Waals surface area contributed by atoms with Crippen LogP contribution in [0.25, 0.3) is 0 Å². The molecule has 1 nitrogen and oxygen atoms in total. The van der Waals surface area contributed by atoms with Crippen LogP contribution in [0.4, 0.5) is 0 Å². The normalized spacial score (nSPS) is 10.0. The maximum absolute atomic E-state index is 5.54. The standard InChI is InChI=1S/C14H27O.ClH.Mg/c1-3-5-7-9-11-13-15-14-12-10-8-6-4-2;;/h5,7H,1,3-4,6,8-14H2,2H3;1H;/q-1;;+2/p-1/b7-5+;;. The molecule has 0 amide bonds. The molecule has 0 N–H and O–H groups in total. The topological polar surface area (TPSA) is 9.23 Å². The molecular weight excluding hydrogens is 244 g/mol. The first-order valence-corrected chi connectivity index (χ1v) is 6.43. The van der Waals surface area contributed by atoms with Gasteiger partial charge in [-0.15, -0.1) is 6.08 Å². The summed E-state index contributed by atoms with van der Waals surface area (Å²) in [5, 5.41) is 0. The van der Waals surface area contributed by atoms with Gasteiger partial charge in [-0.25, -0.2) is 0 Å². The number of rotatable bonds is 11. The molecule has 0 saturated carbocycles. The quantitative estimate of drug-likeness (QED) is 0.237. The van der Waals surface area contributed by atoms with Crippen molar-refractivity contribution in [3.05, 3.63) is 19.1 Å². The van der Waals surface area contributed by atoms with Crippen LogP contribution in [0.5, 0.6) is 0 Å². The Morgan fingerprint density at radius 2 is 1.59 bits per heavy atom. The third kappa shape index (κ3) is 22.4. The van der Waals surface area contributed by atoms with E-state index in [2.05, 4.69) is 26.0 Å². The minimum Gasteiger partial charge on any atom is -1.00 e. The Kier molecular flexibility index (Phi) is 29.6. The van der Waals surface area contributed by atoms with Crippen LogP contribution in [-0.2, 0) is 4.74 Å². The summed E-state index contributed by atoms with van der Waals surface area (Å²) < 4.78 is 5.54. The molecule has 0 heterocycles. The number of halogens is 1. The van der Waals surface area contributed by atoms with Crippen molar-refractivity contribution in [1.82, 2.24) is 0 Å². The second-order valence-electron chi connectivity index (χ2n) is 3.93. The summed E-state index contributed by atoms with van der Waals surface area (Å²) in [4.78, 5) is 0. The molecule has 0 aliphatic carbocycles. The summed E-state index contributed by atoms with van der Waals surface area (Å²) >= 11 is 0. The van der Waals surface area contributed by atoms with Crippen LogP contribution >= 0.6 is 0 Å². The van der Waals surface area contributed by atoms with Gasteiger partial charge in [0.05, 0.1) is 0 Å². The van der Waals surface area contributed by atoms with Crippen molar-refractivity contribution in [2.75, 3.05) is 13.2 Å². The van der Waals surface area contributed by atoms with Crippen molar-refractivity contribution in [2.45, 2.75) is 58.3 Å². The first-order chi connectivity index (χ1) is 7.41. The fourth-order valence-corrected chi connectivity index (χ4v) is 1.45. The number of ether oxygens (including phenoxy) is 1. The van der Waals surface area contributed by atoms with Gasteiger partial charge >= 0.3 is 23.1 Å². The Bertz CT molecular complexity index is 140. The maximum atomic E-state index is 5.54. The molecule has 0 saturated heterocycles. The smallest absolute Gasteiger partial charge is 1.00 e. The van der Waals surface area contributed by atoms with Gasteiger partial charge in [0.1, 0.15) is 0 Å². The molecule has 0 aromatic carbocycles. The van der Waals surface area contributed by atoms with Crippen LogP contribution in [0.2, 0.25) is 0 Å². The zero-order valence-electron chi connectivity index (χ0n) is 11.4. The number of unbranched alkanes of at least 4 members (excludes halogenated alkanes) is 5. The van der Waals surface area contributed by atoms with Crippen molar-refractivity contribution in [1.29, 1.82) is 0 Å². The van der Waals surface area contributed by atoms with Crippen molar-refractivity contribution < 1.29 is 17.1 Å². The zero-order chi connectivity index (χ0) is 11.2. The van der Waals surface area contributed by atoms with Crippen LogP contribution in [0.1, 0.15) is 58.3 Å². The second-order valence-corrected chi connectivity index (χ2v) is 3.93. The third-order valence-electron chi connectivity index (χ3n) is 2.39. The molecule has 17 heavy (non-hydrogen) atoms. The maximum Gasteiger partial charge on any atom is 2.00 e. The molecule has 0 radical (unpaired) electrons. The van der Waals surface area contributed by atoms with Gasteiger partial charge < -0.3 is 24.1 Å². The SMILES string of the molecule is [CH2-]C/C=C/CCCOCCCCCCC.[Cl-].[Mg+2]. The summed E-state index contributed by atoms with van der Waals surface area (Å²) in [5.41, 5.74) is 0. The minimum absolute atomic E-state index is 0. The Morgan fingerprint density at radius 1 is 0.941 bits per heavy atom. The molecule has 0 spiro atoms. The van der Waals surface area contributed by atoms with Crippen LogP contribution in [-0.4, -0.2) is 36.3 Å². The summed E-state index contributed by atoms with van der Waals surface area (Å²) in [7, 11) is 0. The van der Waals surface area contributed by atoms with E-state index >= 15 is 0 Å². The fraction of sp³-hybridized carbons (Fsp3) is 0.786. The Morgan fingerprint density at radius 3 is 2.24 bits per heavy atom. The van der Waals surface area contributed by atoms with Gasteiger partial charge in [-0.3, -0.25) is 0 Å². The van der Waals surface area contributed by atoms with E-state index in [0.29, 0.717) is 0 Å². The van der Waals surface area contributed by atoms with Crippen molar-refractivity contribution in [3.8, 4) is 0 Å². The van der Waals surface area contributed by atoms with Crippen molar-refractivity contribution >= 4 is 23.1 Å². The van der Waals surface area contributed by atoms with E-state index < -0.39 is 0 Å². The Hall–Kier alpha value is 0.756. The zero-order valence-corrected chi connectivity index (χ0v) is 13.6. The molecule has 0 aliphatic rings. The average molecular weight is 271 g/mol. The van der Waals surface area contributed by atoms with Gasteiger partial charge in [0.25, 0.3) is 0 Å². The molecule has 98 valence electrons. The van der Waals surface area contributed by atoms with Crippen molar-refractivity contribution in [3.63, 3.8) is 0 Å². The fourth-order valence-electron chi connectivity index (χ4n) is 1.45. The number of hydrogen-bond acceptors (Lipinski definition) is 1.